The van der Waals surface area contributed by atoms with Crippen molar-refractivity contribution in [3.05, 3.63) is 29.8 Å². The fourth-order valence-electron chi connectivity index (χ4n) is 4.22. The van der Waals surface area contributed by atoms with Crippen molar-refractivity contribution in [2.75, 3.05) is 39.0 Å². The first-order chi connectivity index (χ1) is 12.3. The molecule has 1 saturated carbocycles. The molecule has 140 valence electrons. The molecule has 1 aromatic rings. The lowest BCUT2D eigenvalue weighted by Gasteiger charge is -2.23. The third kappa shape index (κ3) is 3.44. The van der Waals surface area contributed by atoms with E-state index >= 15 is 0 Å². The predicted molar refractivity (Wildman–Crippen MR) is 96.9 cm³/mol. The molecule has 26 heavy (non-hydrogen) atoms. The van der Waals surface area contributed by atoms with Gasteiger partial charge in [0.25, 0.3) is 5.91 Å². The first-order valence-electron chi connectivity index (χ1n) is 8.89. The first-order valence-corrected chi connectivity index (χ1v) is 8.89. The van der Waals surface area contributed by atoms with E-state index in [9.17, 15) is 19.5 Å². The molecule has 0 radical (unpaired) electrons. The second-order valence-corrected chi connectivity index (χ2v) is 7.55. The van der Waals surface area contributed by atoms with Gasteiger partial charge in [0, 0.05) is 38.4 Å². The molecular formula is C19H25N3O4. The zero-order chi connectivity index (χ0) is 18.9. The Balaban J connectivity index is 1.57. The fourth-order valence-corrected chi connectivity index (χ4v) is 4.22. The van der Waals surface area contributed by atoms with E-state index in [0.29, 0.717) is 30.8 Å². The number of amides is 2. The van der Waals surface area contributed by atoms with Crippen molar-refractivity contribution in [2.45, 2.75) is 19.3 Å². The summed E-state index contributed by atoms with van der Waals surface area (Å²) in [4.78, 5) is 39.3. The number of hydrogen-bond acceptors (Lipinski definition) is 4. The van der Waals surface area contributed by atoms with Gasteiger partial charge in [-0.3, -0.25) is 19.3 Å². The Kier molecular flexibility index (Phi) is 5.00. The van der Waals surface area contributed by atoms with Gasteiger partial charge in [0.2, 0.25) is 5.91 Å². The maximum atomic E-state index is 12.3. The van der Waals surface area contributed by atoms with Crippen molar-refractivity contribution in [1.29, 1.82) is 0 Å². The molecule has 1 aliphatic carbocycles. The molecule has 7 heteroatoms. The minimum atomic E-state index is -0.732. The molecule has 1 saturated heterocycles. The van der Waals surface area contributed by atoms with Gasteiger partial charge in [0.05, 0.1) is 12.0 Å². The first kappa shape index (κ1) is 18.4. The molecule has 1 heterocycles. The molecular weight excluding hydrogens is 334 g/mol. The third-order valence-electron chi connectivity index (χ3n) is 5.56. The number of nitrogens with zero attached hydrogens (tertiary/aromatic N) is 2. The number of aliphatic carboxylic acids is 1. The van der Waals surface area contributed by atoms with Crippen LogP contribution in [0.15, 0.2) is 24.3 Å². The van der Waals surface area contributed by atoms with Gasteiger partial charge in [-0.1, -0.05) is 6.42 Å². The summed E-state index contributed by atoms with van der Waals surface area (Å²) in [6, 6.07) is 6.76. The second kappa shape index (κ2) is 7.07. The standard InChI is InChI=1S/C19H25N3O4/c1-21(2)17(24)13-5-7-15(8-6-13)20-16(23)11-22-10-14-4-3-9-19(14,12-22)18(25)26/h5-8,14H,3-4,9-12H2,1-2H3,(H,20,23)(H,25,26)/t14-,19+/m0/s1. The van der Waals surface area contributed by atoms with Gasteiger partial charge >= 0.3 is 5.97 Å². The van der Waals surface area contributed by atoms with Crippen LogP contribution in [0.4, 0.5) is 5.69 Å². The van der Waals surface area contributed by atoms with Crippen LogP contribution in [0.5, 0.6) is 0 Å². The van der Waals surface area contributed by atoms with Crippen LogP contribution in [-0.4, -0.2) is 66.4 Å². The van der Waals surface area contributed by atoms with E-state index in [0.717, 1.165) is 12.8 Å². The lowest BCUT2D eigenvalue weighted by molar-refractivity contribution is -0.149. The van der Waals surface area contributed by atoms with Crippen LogP contribution in [0.2, 0.25) is 0 Å². The van der Waals surface area contributed by atoms with E-state index in [1.165, 1.54) is 4.90 Å². The molecule has 0 aromatic heterocycles. The number of hydrogen-bond donors (Lipinski definition) is 2. The summed E-state index contributed by atoms with van der Waals surface area (Å²) < 4.78 is 0. The van der Waals surface area contributed by atoms with Crippen LogP contribution in [-0.2, 0) is 9.59 Å². The summed E-state index contributed by atoms with van der Waals surface area (Å²) in [5, 5.41) is 12.4. The Morgan fingerprint density at radius 3 is 2.54 bits per heavy atom. The van der Waals surface area contributed by atoms with Gasteiger partial charge in [-0.05, 0) is 43.0 Å². The summed E-state index contributed by atoms with van der Waals surface area (Å²) >= 11 is 0. The van der Waals surface area contributed by atoms with Gasteiger partial charge in [-0.25, -0.2) is 0 Å². The zero-order valence-corrected chi connectivity index (χ0v) is 15.2. The number of likely N-dealkylation sites (tertiary alicyclic amines) is 1. The Morgan fingerprint density at radius 2 is 1.96 bits per heavy atom. The van der Waals surface area contributed by atoms with E-state index in [1.54, 1.807) is 38.4 Å². The molecule has 0 spiro atoms. The summed E-state index contributed by atoms with van der Waals surface area (Å²) in [7, 11) is 3.38. The van der Waals surface area contributed by atoms with Crippen molar-refractivity contribution in [1.82, 2.24) is 9.80 Å². The average molecular weight is 359 g/mol. The second-order valence-electron chi connectivity index (χ2n) is 7.55. The molecule has 1 aromatic carbocycles. The number of benzene rings is 1. The maximum Gasteiger partial charge on any atom is 0.311 e. The van der Waals surface area contributed by atoms with Crippen molar-refractivity contribution in [3.63, 3.8) is 0 Å². The number of anilines is 1. The number of carboxylic acids is 1. The monoisotopic (exact) mass is 359 g/mol. The van der Waals surface area contributed by atoms with Crippen molar-refractivity contribution >= 4 is 23.5 Å². The van der Waals surface area contributed by atoms with E-state index in [4.69, 9.17) is 0 Å². The molecule has 0 bridgehead atoms. The number of carboxylic acid groups (broad SMARTS) is 1. The Hall–Kier alpha value is -2.41. The van der Waals surface area contributed by atoms with Gasteiger partial charge < -0.3 is 15.3 Å². The van der Waals surface area contributed by atoms with Crippen molar-refractivity contribution in [3.8, 4) is 0 Å². The molecule has 1 aliphatic heterocycles. The number of nitrogens with one attached hydrogen (secondary N) is 1. The van der Waals surface area contributed by atoms with E-state index in [2.05, 4.69) is 5.32 Å². The smallest absolute Gasteiger partial charge is 0.311 e. The minimum absolute atomic E-state index is 0.0922. The quantitative estimate of drug-likeness (QED) is 0.832. The highest BCUT2D eigenvalue weighted by Crippen LogP contribution is 2.48. The summed E-state index contributed by atoms with van der Waals surface area (Å²) in [6.07, 6.45) is 2.58. The molecule has 2 atom stereocenters. The van der Waals surface area contributed by atoms with Crippen molar-refractivity contribution in [2.24, 2.45) is 11.3 Å². The van der Waals surface area contributed by atoms with Gasteiger partial charge in [0.15, 0.2) is 0 Å². The molecule has 7 nitrogen and oxygen atoms in total. The summed E-state index contributed by atoms with van der Waals surface area (Å²) in [6.45, 7) is 1.29. The molecule has 2 N–H and O–H groups in total. The van der Waals surface area contributed by atoms with Crippen LogP contribution < -0.4 is 5.32 Å². The van der Waals surface area contributed by atoms with Crippen LogP contribution >= 0.6 is 0 Å². The summed E-state index contributed by atoms with van der Waals surface area (Å²) in [5.74, 6) is -0.851. The minimum Gasteiger partial charge on any atom is -0.481 e. The van der Waals surface area contributed by atoms with Gasteiger partial charge in [0.1, 0.15) is 0 Å². The predicted octanol–water partition coefficient (Wildman–Crippen LogP) is 1.51. The van der Waals surface area contributed by atoms with Crippen molar-refractivity contribution < 1.29 is 19.5 Å². The topological polar surface area (TPSA) is 90.0 Å². The van der Waals surface area contributed by atoms with Crippen LogP contribution in [0.25, 0.3) is 0 Å². The number of rotatable bonds is 5. The average Bonchev–Trinajstić information content (AvgIpc) is 3.12. The molecule has 3 rings (SSSR count). The maximum absolute atomic E-state index is 12.3. The Bertz CT molecular complexity index is 716. The Morgan fingerprint density at radius 1 is 1.27 bits per heavy atom. The van der Waals surface area contributed by atoms with Gasteiger partial charge in [-0.2, -0.15) is 0 Å². The molecule has 0 unspecified atom stereocenters. The number of carbonyl (C=O) groups is 3. The van der Waals surface area contributed by atoms with E-state index < -0.39 is 11.4 Å². The number of carbonyl (C=O) groups excluding carboxylic acids is 2. The van der Waals surface area contributed by atoms with E-state index in [1.807, 2.05) is 4.90 Å². The van der Waals surface area contributed by atoms with Crippen LogP contribution in [0, 0.1) is 11.3 Å². The fraction of sp³-hybridized carbons (Fsp3) is 0.526. The molecule has 2 aliphatic rings. The normalized spacial score (nSPS) is 24.9. The lowest BCUT2D eigenvalue weighted by Crippen LogP contribution is -2.37. The zero-order valence-electron chi connectivity index (χ0n) is 15.2. The highest BCUT2D eigenvalue weighted by Gasteiger charge is 2.54. The highest BCUT2D eigenvalue weighted by molar-refractivity contribution is 5.96. The van der Waals surface area contributed by atoms with Crippen LogP contribution in [0.3, 0.4) is 0 Å². The summed E-state index contributed by atoms with van der Waals surface area (Å²) in [5.41, 5.74) is 0.510. The number of fused-ring (bicyclic) bond motifs is 1. The van der Waals surface area contributed by atoms with Crippen LogP contribution in [0.1, 0.15) is 29.6 Å². The molecule has 2 amide bonds. The van der Waals surface area contributed by atoms with Gasteiger partial charge in [-0.15, -0.1) is 0 Å². The molecule has 2 fully saturated rings. The largest absolute Gasteiger partial charge is 0.481 e. The highest BCUT2D eigenvalue weighted by atomic mass is 16.4. The Labute approximate surface area is 153 Å². The van der Waals surface area contributed by atoms with E-state index in [-0.39, 0.29) is 24.3 Å². The SMILES string of the molecule is CN(C)C(=O)c1ccc(NC(=O)CN2C[C@@H]3CCC[C@@]3(C(=O)O)C2)cc1. The third-order valence-corrected chi connectivity index (χ3v) is 5.56. The lowest BCUT2D eigenvalue weighted by atomic mass is 9.81.